The highest BCUT2D eigenvalue weighted by Gasteiger charge is 2.30. The Kier molecular flexibility index (Phi) is 6.23. The van der Waals surface area contributed by atoms with Crippen molar-refractivity contribution in [3.05, 3.63) is 34.9 Å². The SMILES string of the molecule is CCCC(CC)(CCNC)c1ccc(C=O)cc1C. The van der Waals surface area contributed by atoms with E-state index >= 15 is 0 Å². The van der Waals surface area contributed by atoms with Crippen molar-refractivity contribution in [2.75, 3.05) is 13.6 Å². The van der Waals surface area contributed by atoms with E-state index in [4.69, 9.17) is 0 Å². The predicted molar refractivity (Wildman–Crippen MR) is 82.0 cm³/mol. The third-order valence-electron chi connectivity index (χ3n) is 4.22. The lowest BCUT2D eigenvalue weighted by Gasteiger charge is -2.35. The minimum Gasteiger partial charge on any atom is -0.320 e. The van der Waals surface area contributed by atoms with Gasteiger partial charge in [-0.25, -0.2) is 0 Å². The second-order valence-corrected chi connectivity index (χ2v) is 5.43. The van der Waals surface area contributed by atoms with Crippen LogP contribution >= 0.6 is 0 Å². The first-order valence-electron chi connectivity index (χ1n) is 7.34. The van der Waals surface area contributed by atoms with Crippen molar-refractivity contribution in [1.29, 1.82) is 0 Å². The van der Waals surface area contributed by atoms with Gasteiger partial charge in [0, 0.05) is 5.56 Å². The Morgan fingerprint density at radius 3 is 2.47 bits per heavy atom. The molecule has 0 amide bonds. The molecular weight excluding hydrogens is 234 g/mol. The smallest absolute Gasteiger partial charge is 0.150 e. The van der Waals surface area contributed by atoms with Gasteiger partial charge in [-0.3, -0.25) is 4.79 Å². The molecule has 0 fully saturated rings. The predicted octanol–water partition coefficient (Wildman–Crippen LogP) is 3.86. The van der Waals surface area contributed by atoms with Crippen molar-refractivity contribution in [3.63, 3.8) is 0 Å². The molecule has 0 radical (unpaired) electrons. The number of aryl methyl sites for hydroxylation is 1. The standard InChI is InChI=1S/C17H27NO/c1-5-9-17(6-2,10-11-18-4)16-8-7-15(13-19)12-14(16)3/h7-8,12-13,18H,5-6,9-11H2,1-4H3. The van der Waals surface area contributed by atoms with Crippen LogP contribution in [0.25, 0.3) is 0 Å². The quantitative estimate of drug-likeness (QED) is 0.720. The van der Waals surface area contributed by atoms with E-state index in [9.17, 15) is 4.79 Å². The summed E-state index contributed by atoms with van der Waals surface area (Å²) >= 11 is 0. The first-order chi connectivity index (χ1) is 9.13. The molecule has 0 saturated carbocycles. The molecule has 0 spiro atoms. The Morgan fingerprint density at radius 1 is 1.26 bits per heavy atom. The number of benzene rings is 1. The van der Waals surface area contributed by atoms with Crippen LogP contribution in [0.3, 0.4) is 0 Å². The molecule has 2 heteroatoms. The first-order valence-corrected chi connectivity index (χ1v) is 7.34. The van der Waals surface area contributed by atoms with E-state index in [0.717, 1.165) is 31.2 Å². The Balaban J connectivity index is 3.18. The van der Waals surface area contributed by atoms with E-state index in [1.54, 1.807) is 0 Å². The van der Waals surface area contributed by atoms with Crippen molar-refractivity contribution in [2.45, 2.75) is 51.9 Å². The normalized spacial score (nSPS) is 14.1. The fraction of sp³-hybridized carbons (Fsp3) is 0.588. The summed E-state index contributed by atoms with van der Waals surface area (Å²) in [5.74, 6) is 0. The highest BCUT2D eigenvalue weighted by molar-refractivity contribution is 5.75. The van der Waals surface area contributed by atoms with Gasteiger partial charge in [0.2, 0.25) is 0 Å². The van der Waals surface area contributed by atoms with E-state index in [-0.39, 0.29) is 5.41 Å². The summed E-state index contributed by atoms with van der Waals surface area (Å²) in [6, 6.07) is 6.13. The summed E-state index contributed by atoms with van der Waals surface area (Å²) in [6.07, 6.45) is 5.61. The van der Waals surface area contributed by atoms with Gasteiger partial charge in [0.05, 0.1) is 0 Å². The lowest BCUT2D eigenvalue weighted by molar-refractivity contribution is 0.112. The molecule has 1 atom stereocenters. The first kappa shape index (κ1) is 15.9. The molecule has 0 aromatic heterocycles. The van der Waals surface area contributed by atoms with Gasteiger partial charge in [-0.1, -0.05) is 32.4 Å². The van der Waals surface area contributed by atoms with Gasteiger partial charge >= 0.3 is 0 Å². The van der Waals surface area contributed by atoms with Gasteiger partial charge in [-0.2, -0.15) is 0 Å². The molecule has 1 rings (SSSR count). The van der Waals surface area contributed by atoms with Crippen LogP contribution in [0, 0.1) is 6.92 Å². The van der Waals surface area contributed by atoms with Gasteiger partial charge in [-0.15, -0.1) is 0 Å². The number of hydrogen-bond donors (Lipinski definition) is 1. The molecule has 1 N–H and O–H groups in total. The van der Waals surface area contributed by atoms with E-state index in [1.165, 1.54) is 24.0 Å². The van der Waals surface area contributed by atoms with E-state index in [1.807, 2.05) is 19.2 Å². The Labute approximate surface area is 117 Å². The number of hydrogen-bond acceptors (Lipinski definition) is 2. The van der Waals surface area contributed by atoms with Gasteiger partial charge in [0.15, 0.2) is 0 Å². The maximum Gasteiger partial charge on any atom is 0.150 e. The highest BCUT2D eigenvalue weighted by atomic mass is 16.1. The Hall–Kier alpha value is -1.15. The van der Waals surface area contributed by atoms with Crippen LogP contribution in [0.2, 0.25) is 0 Å². The van der Waals surface area contributed by atoms with Crippen LogP contribution < -0.4 is 5.32 Å². The molecule has 0 aliphatic rings. The lowest BCUT2D eigenvalue weighted by Crippen LogP contribution is -2.30. The maximum absolute atomic E-state index is 10.9. The fourth-order valence-corrected chi connectivity index (χ4v) is 3.14. The minimum atomic E-state index is 0.239. The second-order valence-electron chi connectivity index (χ2n) is 5.43. The minimum absolute atomic E-state index is 0.239. The third kappa shape index (κ3) is 3.66. The molecule has 1 aromatic carbocycles. The van der Waals surface area contributed by atoms with E-state index < -0.39 is 0 Å². The van der Waals surface area contributed by atoms with Crippen LogP contribution in [0.15, 0.2) is 18.2 Å². The van der Waals surface area contributed by atoms with E-state index in [2.05, 4.69) is 32.2 Å². The third-order valence-corrected chi connectivity index (χ3v) is 4.22. The summed E-state index contributed by atoms with van der Waals surface area (Å²) in [4.78, 5) is 10.9. The molecule has 0 saturated heterocycles. The summed E-state index contributed by atoms with van der Waals surface area (Å²) in [5, 5.41) is 3.27. The Bertz CT molecular complexity index is 414. The van der Waals surface area contributed by atoms with Crippen LogP contribution in [-0.2, 0) is 5.41 Å². The molecule has 0 aliphatic carbocycles. The molecule has 0 aliphatic heterocycles. The zero-order valence-corrected chi connectivity index (χ0v) is 12.8. The molecule has 1 aromatic rings. The van der Waals surface area contributed by atoms with Crippen molar-refractivity contribution in [2.24, 2.45) is 0 Å². The molecule has 1 unspecified atom stereocenters. The average molecular weight is 261 g/mol. The number of nitrogens with one attached hydrogen (secondary N) is 1. The van der Waals surface area contributed by atoms with Gasteiger partial charge in [-0.05, 0) is 62.4 Å². The van der Waals surface area contributed by atoms with Crippen molar-refractivity contribution >= 4 is 6.29 Å². The van der Waals surface area contributed by atoms with Gasteiger partial charge in [0.1, 0.15) is 6.29 Å². The van der Waals surface area contributed by atoms with Crippen molar-refractivity contribution in [1.82, 2.24) is 5.32 Å². The number of aldehydes is 1. The number of rotatable bonds is 8. The van der Waals surface area contributed by atoms with Crippen molar-refractivity contribution < 1.29 is 4.79 Å². The van der Waals surface area contributed by atoms with Crippen LogP contribution in [0.5, 0.6) is 0 Å². The topological polar surface area (TPSA) is 29.1 Å². The monoisotopic (exact) mass is 261 g/mol. The second kappa shape index (κ2) is 7.44. The van der Waals surface area contributed by atoms with Crippen LogP contribution in [0.1, 0.15) is 61.0 Å². The summed E-state index contributed by atoms with van der Waals surface area (Å²) in [6.45, 7) is 7.68. The average Bonchev–Trinajstić information content (AvgIpc) is 2.43. The van der Waals surface area contributed by atoms with Crippen LogP contribution in [0.4, 0.5) is 0 Å². The molecule has 0 heterocycles. The zero-order valence-electron chi connectivity index (χ0n) is 12.8. The lowest BCUT2D eigenvalue weighted by atomic mass is 9.70. The van der Waals surface area contributed by atoms with Crippen molar-refractivity contribution in [3.8, 4) is 0 Å². The van der Waals surface area contributed by atoms with Gasteiger partial charge < -0.3 is 5.32 Å². The van der Waals surface area contributed by atoms with Crippen LogP contribution in [-0.4, -0.2) is 19.9 Å². The number of carbonyl (C=O) groups excluding carboxylic acids is 1. The summed E-state index contributed by atoms with van der Waals surface area (Å²) in [7, 11) is 2.01. The zero-order chi connectivity index (χ0) is 14.3. The van der Waals surface area contributed by atoms with E-state index in [0.29, 0.717) is 0 Å². The molecule has 19 heavy (non-hydrogen) atoms. The summed E-state index contributed by atoms with van der Waals surface area (Å²) < 4.78 is 0. The Morgan fingerprint density at radius 2 is 2.00 bits per heavy atom. The molecule has 0 bridgehead atoms. The summed E-state index contributed by atoms with van der Waals surface area (Å²) in [5.41, 5.74) is 3.67. The molecule has 106 valence electrons. The molecular formula is C17H27NO. The fourth-order valence-electron chi connectivity index (χ4n) is 3.14. The molecule has 2 nitrogen and oxygen atoms in total. The maximum atomic E-state index is 10.9. The highest BCUT2D eigenvalue weighted by Crippen LogP contribution is 2.38. The van der Waals surface area contributed by atoms with Gasteiger partial charge in [0.25, 0.3) is 0 Å². The number of carbonyl (C=O) groups is 1. The largest absolute Gasteiger partial charge is 0.320 e.